The van der Waals surface area contributed by atoms with E-state index in [1.165, 1.54) is 4.90 Å². The second-order valence-corrected chi connectivity index (χ2v) is 4.33. The monoisotopic (exact) mass is 238 g/mol. The topological polar surface area (TPSA) is 53.3 Å². The molecular weight excluding hydrogens is 224 g/mol. The number of ether oxygens (including phenoxy) is 1. The summed E-state index contributed by atoms with van der Waals surface area (Å²) >= 11 is 1.60. The summed E-state index contributed by atoms with van der Waals surface area (Å²) in [6.45, 7) is 0.993. The lowest BCUT2D eigenvalue weighted by Gasteiger charge is -2.14. The van der Waals surface area contributed by atoms with Gasteiger partial charge in [0.25, 0.3) is 0 Å². The number of likely N-dealkylation sites (N-methyl/N-ethyl adjacent to an activating group) is 1. The Balaban J connectivity index is 2.17. The van der Waals surface area contributed by atoms with E-state index in [1.54, 1.807) is 18.4 Å². The van der Waals surface area contributed by atoms with Crippen molar-refractivity contribution in [3.8, 4) is 6.07 Å². The van der Waals surface area contributed by atoms with Crippen molar-refractivity contribution in [2.45, 2.75) is 13.0 Å². The Bertz CT molecular complexity index is 357. The zero-order valence-electron chi connectivity index (χ0n) is 9.18. The summed E-state index contributed by atoms with van der Waals surface area (Å²) in [5.41, 5.74) is 0. The summed E-state index contributed by atoms with van der Waals surface area (Å²) in [7, 11) is 1.67. The van der Waals surface area contributed by atoms with E-state index < -0.39 is 0 Å². The highest BCUT2D eigenvalue weighted by Gasteiger charge is 2.08. The Morgan fingerprint density at radius 1 is 1.69 bits per heavy atom. The molecule has 1 heterocycles. The Hall–Kier alpha value is -1.38. The fourth-order valence-corrected chi connectivity index (χ4v) is 1.73. The normalized spacial score (nSPS) is 9.75. The van der Waals surface area contributed by atoms with Crippen LogP contribution in [0.5, 0.6) is 0 Å². The van der Waals surface area contributed by atoms with Gasteiger partial charge in [-0.05, 0) is 11.4 Å². The molecule has 0 fully saturated rings. The first-order valence-electron chi connectivity index (χ1n) is 4.95. The summed E-state index contributed by atoms with van der Waals surface area (Å²) in [6, 6.07) is 5.91. The lowest BCUT2D eigenvalue weighted by molar-refractivity contribution is -0.135. The summed E-state index contributed by atoms with van der Waals surface area (Å²) in [5, 5.41) is 10.4. The van der Waals surface area contributed by atoms with Crippen molar-refractivity contribution in [1.29, 1.82) is 5.26 Å². The van der Waals surface area contributed by atoms with Crippen molar-refractivity contribution in [3.05, 3.63) is 22.4 Å². The Kier molecular flexibility index (Phi) is 5.54. The van der Waals surface area contributed by atoms with Crippen molar-refractivity contribution in [2.24, 2.45) is 0 Å². The molecule has 0 unspecified atom stereocenters. The van der Waals surface area contributed by atoms with Crippen molar-refractivity contribution in [1.82, 2.24) is 4.90 Å². The number of carbonyl (C=O) groups is 1. The van der Waals surface area contributed by atoms with Gasteiger partial charge >= 0.3 is 0 Å². The van der Waals surface area contributed by atoms with E-state index in [0.29, 0.717) is 19.6 Å². The first-order valence-corrected chi connectivity index (χ1v) is 5.83. The van der Waals surface area contributed by atoms with Gasteiger partial charge in [0.05, 0.1) is 19.1 Å². The molecule has 0 aliphatic carbocycles. The molecule has 0 bridgehead atoms. The van der Waals surface area contributed by atoms with Crippen LogP contribution < -0.4 is 0 Å². The molecule has 0 aliphatic rings. The highest BCUT2D eigenvalue weighted by Crippen LogP contribution is 2.09. The molecule has 1 rings (SSSR count). The van der Waals surface area contributed by atoms with Gasteiger partial charge in [-0.3, -0.25) is 4.79 Å². The highest BCUT2D eigenvalue weighted by molar-refractivity contribution is 7.09. The lowest BCUT2D eigenvalue weighted by atomic mass is 10.4. The first-order chi connectivity index (χ1) is 7.74. The van der Waals surface area contributed by atoms with Crippen molar-refractivity contribution in [2.75, 3.05) is 20.2 Å². The molecule has 5 heteroatoms. The number of amides is 1. The minimum atomic E-state index is -0.0909. The predicted octanol–water partition coefficient (Wildman–Crippen LogP) is 1.64. The van der Waals surface area contributed by atoms with Gasteiger partial charge in [0.2, 0.25) is 5.91 Å². The van der Waals surface area contributed by atoms with Crippen LogP contribution in [0.25, 0.3) is 0 Å². The summed E-state index contributed by atoms with van der Waals surface area (Å²) < 4.78 is 5.28. The molecule has 0 spiro atoms. The SMILES string of the molecule is CN(CCC#N)C(=O)COCc1cccs1. The third-order valence-electron chi connectivity index (χ3n) is 2.03. The highest BCUT2D eigenvalue weighted by atomic mass is 32.1. The van der Waals surface area contributed by atoms with E-state index in [1.807, 2.05) is 23.6 Å². The van der Waals surface area contributed by atoms with E-state index in [-0.39, 0.29) is 12.5 Å². The second kappa shape index (κ2) is 6.99. The average Bonchev–Trinajstić information content (AvgIpc) is 2.78. The van der Waals surface area contributed by atoms with Gasteiger partial charge in [-0.25, -0.2) is 0 Å². The van der Waals surface area contributed by atoms with Crippen LogP contribution in [0.3, 0.4) is 0 Å². The van der Waals surface area contributed by atoms with Crippen LogP contribution in [0.2, 0.25) is 0 Å². The maximum absolute atomic E-state index is 11.5. The van der Waals surface area contributed by atoms with Crippen LogP contribution in [0.15, 0.2) is 17.5 Å². The fraction of sp³-hybridized carbons (Fsp3) is 0.455. The van der Waals surface area contributed by atoms with Crippen molar-refractivity contribution >= 4 is 17.2 Å². The summed E-state index contributed by atoms with van der Waals surface area (Å²) in [5.74, 6) is -0.0909. The molecule has 0 aromatic carbocycles. The van der Waals surface area contributed by atoms with Crippen LogP contribution in [-0.4, -0.2) is 31.0 Å². The molecule has 1 amide bonds. The van der Waals surface area contributed by atoms with Gasteiger partial charge in [0.1, 0.15) is 6.61 Å². The first kappa shape index (κ1) is 12.7. The molecule has 0 saturated heterocycles. The third kappa shape index (κ3) is 4.43. The van der Waals surface area contributed by atoms with E-state index in [9.17, 15) is 4.79 Å². The molecule has 1 aromatic rings. The molecule has 0 radical (unpaired) electrons. The summed E-state index contributed by atoms with van der Waals surface area (Å²) in [6.07, 6.45) is 0.354. The molecule has 1 aromatic heterocycles. The van der Waals surface area contributed by atoms with Gasteiger partial charge in [-0.2, -0.15) is 5.26 Å². The quantitative estimate of drug-likeness (QED) is 0.757. The lowest BCUT2D eigenvalue weighted by Crippen LogP contribution is -2.30. The zero-order chi connectivity index (χ0) is 11.8. The third-order valence-corrected chi connectivity index (χ3v) is 2.88. The smallest absolute Gasteiger partial charge is 0.248 e. The molecule has 86 valence electrons. The molecule has 0 saturated carbocycles. The Morgan fingerprint density at radius 3 is 3.12 bits per heavy atom. The number of rotatable bonds is 6. The van der Waals surface area contributed by atoms with Crippen LogP contribution in [0.1, 0.15) is 11.3 Å². The van der Waals surface area contributed by atoms with Gasteiger partial charge < -0.3 is 9.64 Å². The van der Waals surface area contributed by atoms with Crippen LogP contribution >= 0.6 is 11.3 Å². The van der Waals surface area contributed by atoms with E-state index in [4.69, 9.17) is 10.00 Å². The minimum absolute atomic E-state index is 0.0693. The van der Waals surface area contributed by atoms with E-state index in [2.05, 4.69) is 0 Å². The molecule has 16 heavy (non-hydrogen) atoms. The number of carbonyl (C=O) groups excluding carboxylic acids is 1. The van der Waals surface area contributed by atoms with Gasteiger partial charge in [-0.15, -0.1) is 11.3 Å². The minimum Gasteiger partial charge on any atom is -0.366 e. The fourth-order valence-electron chi connectivity index (χ4n) is 1.09. The van der Waals surface area contributed by atoms with Gasteiger partial charge in [-0.1, -0.05) is 6.07 Å². The van der Waals surface area contributed by atoms with Gasteiger partial charge in [0.15, 0.2) is 0 Å². The number of thiophene rings is 1. The Morgan fingerprint density at radius 2 is 2.50 bits per heavy atom. The molecular formula is C11H14N2O2S. The van der Waals surface area contributed by atoms with Crippen LogP contribution in [0.4, 0.5) is 0 Å². The van der Waals surface area contributed by atoms with Crippen LogP contribution in [0, 0.1) is 11.3 Å². The number of nitrogens with zero attached hydrogens (tertiary/aromatic N) is 2. The standard InChI is InChI=1S/C11H14N2O2S/c1-13(6-3-5-12)11(14)9-15-8-10-4-2-7-16-10/h2,4,7H,3,6,8-9H2,1H3. The number of hydrogen-bond donors (Lipinski definition) is 0. The Labute approximate surface area is 99.1 Å². The van der Waals surface area contributed by atoms with Gasteiger partial charge in [0, 0.05) is 18.5 Å². The van der Waals surface area contributed by atoms with E-state index >= 15 is 0 Å². The molecule has 0 atom stereocenters. The number of nitriles is 1. The zero-order valence-corrected chi connectivity index (χ0v) is 10.00. The van der Waals surface area contributed by atoms with E-state index in [0.717, 1.165) is 4.88 Å². The average molecular weight is 238 g/mol. The summed E-state index contributed by atoms with van der Waals surface area (Å²) in [4.78, 5) is 14.1. The predicted molar refractivity (Wildman–Crippen MR) is 61.8 cm³/mol. The van der Waals surface area contributed by atoms with Crippen LogP contribution in [-0.2, 0) is 16.1 Å². The van der Waals surface area contributed by atoms with Crippen molar-refractivity contribution < 1.29 is 9.53 Å². The largest absolute Gasteiger partial charge is 0.366 e. The maximum Gasteiger partial charge on any atom is 0.248 e. The van der Waals surface area contributed by atoms with Crippen molar-refractivity contribution in [3.63, 3.8) is 0 Å². The maximum atomic E-state index is 11.5. The second-order valence-electron chi connectivity index (χ2n) is 3.30. The molecule has 4 nitrogen and oxygen atoms in total. The number of hydrogen-bond acceptors (Lipinski definition) is 4. The molecule has 0 aliphatic heterocycles. The molecule has 0 N–H and O–H groups in total.